The Hall–Kier alpha value is -2.81. The third kappa shape index (κ3) is 4.13. The number of aryl methyl sites for hydroxylation is 1. The normalized spacial score (nSPS) is 26.0. The average Bonchev–Trinajstić information content (AvgIpc) is 3.24. The minimum atomic E-state index is -0.253. The Morgan fingerprint density at radius 1 is 1.04 bits per heavy atom. The van der Waals surface area contributed by atoms with E-state index in [1.54, 1.807) is 0 Å². The number of rotatable bonds is 2. The molecule has 2 aliphatic rings. The SMILES string of the molecule is Cc1cccc(NC(=O)N[C@H]2CO[C@@H]3[C@@H]2OC[C@H]3C#Cc2ccccc2)c1. The molecule has 0 bridgehead atoms. The molecule has 2 aromatic rings. The Morgan fingerprint density at radius 3 is 2.67 bits per heavy atom. The van der Waals surface area contributed by atoms with Gasteiger partial charge < -0.3 is 20.1 Å². The Labute approximate surface area is 159 Å². The molecule has 2 heterocycles. The first-order valence-electron chi connectivity index (χ1n) is 9.13. The molecular formula is C22H22N2O3. The largest absolute Gasteiger partial charge is 0.372 e. The number of fused-ring (bicyclic) bond motifs is 1. The van der Waals surface area contributed by atoms with Gasteiger partial charge in [-0.15, -0.1) is 0 Å². The van der Waals surface area contributed by atoms with Crippen molar-refractivity contribution < 1.29 is 14.3 Å². The summed E-state index contributed by atoms with van der Waals surface area (Å²) in [6.07, 6.45) is -0.270. The fourth-order valence-electron chi connectivity index (χ4n) is 3.50. The van der Waals surface area contributed by atoms with E-state index in [0.29, 0.717) is 13.2 Å². The van der Waals surface area contributed by atoms with Crippen LogP contribution in [0.15, 0.2) is 54.6 Å². The van der Waals surface area contributed by atoms with Crippen molar-refractivity contribution in [3.63, 3.8) is 0 Å². The smallest absolute Gasteiger partial charge is 0.319 e. The van der Waals surface area contributed by atoms with Gasteiger partial charge in [0.1, 0.15) is 12.2 Å². The molecule has 2 fully saturated rings. The quantitative estimate of drug-likeness (QED) is 0.808. The lowest BCUT2D eigenvalue weighted by Crippen LogP contribution is -2.45. The van der Waals surface area contributed by atoms with Crippen LogP contribution >= 0.6 is 0 Å². The van der Waals surface area contributed by atoms with E-state index in [2.05, 4.69) is 22.5 Å². The zero-order valence-corrected chi connectivity index (χ0v) is 15.1. The van der Waals surface area contributed by atoms with E-state index in [4.69, 9.17) is 9.47 Å². The first-order chi connectivity index (χ1) is 13.2. The molecule has 5 nitrogen and oxygen atoms in total. The molecule has 2 amide bonds. The van der Waals surface area contributed by atoms with Crippen LogP contribution in [0.1, 0.15) is 11.1 Å². The summed E-state index contributed by atoms with van der Waals surface area (Å²) < 4.78 is 11.8. The van der Waals surface area contributed by atoms with Crippen molar-refractivity contribution >= 4 is 11.7 Å². The monoisotopic (exact) mass is 362 g/mol. The summed E-state index contributed by atoms with van der Waals surface area (Å²) in [5.41, 5.74) is 2.84. The van der Waals surface area contributed by atoms with Gasteiger partial charge in [0.15, 0.2) is 0 Å². The lowest BCUT2D eigenvalue weighted by molar-refractivity contribution is 0.0666. The van der Waals surface area contributed by atoms with Gasteiger partial charge in [-0.3, -0.25) is 0 Å². The summed E-state index contributed by atoms with van der Waals surface area (Å²) in [6.45, 7) is 2.94. The molecule has 2 aromatic carbocycles. The Bertz CT molecular complexity index is 872. The summed E-state index contributed by atoms with van der Waals surface area (Å²) in [6, 6.07) is 17.1. The number of urea groups is 1. The van der Waals surface area contributed by atoms with Gasteiger partial charge in [-0.05, 0) is 36.8 Å². The summed E-state index contributed by atoms with van der Waals surface area (Å²) in [5, 5.41) is 5.82. The molecule has 0 spiro atoms. The fourth-order valence-corrected chi connectivity index (χ4v) is 3.50. The van der Waals surface area contributed by atoms with E-state index in [1.165, 1.54) is 0 Å². The van der Waals surface area contributed by atoms with Crippen LogP contribution in [-0.4, -0.2) is 37.5 Å². The molecule has 2 N–H and O–H groups in total. The first kappa shape index (κ1) is 17.6. The van der Waals surface area contributed by atoms with E-state index in [9.17, 15) is 4.79 Å². The van der Waals surface area contributed by atoms with Crippen molar-refractivity contribution in [2.45, 2.75) is 25.2 Å². The second-order valence-corrected chi connectivity index (χ2v) is 6.91. The molecule has 5 heteroatoms. The standard InChI is InChI=1S/C22H22N2O3/c1-15-6-5-9-18(12-15)23-22(25)24-19-14-27-20-17(13-26-21(19)20)11-10-16-7-3-2-4-8-16/h2-9,12,17,19-21H,13-14H2,1H3,(H2,23,24,25)/t17-,19+,20+,21-/m1/s1. The Morgan fingerprint density at radius 2 is 1.85 bits per heavy atom. The maximum Gasteiger partial charge on any atom is 0.319 e. The van der Waals surface area contributed by atoms with Crippen LogP contribution in [0.4, 0.5) is 10.5 Å². The number of carbonyl (C=O) groups excluding carboxylic acids is 1. The van der Waals surface area contributed by atoms with Crippen molar-refractivity contribution in [3.05, 3.63) is 65.7 Å². The Balaban J connectivity index is 1.35. The molecule has 0 radical (unpaired) electrons. The number of hydrogen-bond donors (Lipinski definition) is 2. The highest BCUT2D eigenvalue weighted by Crippen LogP contribution is 2.31. The second kappa shape index (κ2) is 7.83. The summed E-state index contributed by atoms with van der Waals surface area (Å²) in [5.74, 6) is 6.46. The lowest BCUT2D eigenvalue weighted by Gasteiger charge is -2.18. The van der Waals surface area contributed by atoms with Crippen molar-refractivity contribution in [3.8, 4) is 11.8 Å². The van der Waals surface area contributed by atoms with E-state index < -0.39 is 0 Å². The van der Waals surface area contributed by atoms with Crippen LogP contribution in [0.2, 0.25) is 0 Å². The van der Waals surface area contributed by atoms with E-state index in [1.807, 2.05) is 61.5 Å². The number of anilines is 1. The highest BCUT2D eigenvalue weighted by molar-refractivity contribution is 5.89. The van der Waals surface area contributed by atoms with Crippen LogP contribution < -0.4 is 10.6 Å². The minimum absolute atomic E-state index is 0.0156. The average molecular weight is 362 g/mol. The number of carbonyl (C=O) groups is 1. The van der Waals surface area contributed by atoms with Crippen molar-refractivity contribution in [1.29, 1.82) is 0 Å². The molecule has 138 valence electrons. The maximum absolute atomic E-state index is 12.3. The lowest BCUT2D eigenvalue weighted by atomic mass is 10.0. The van der Waals surface area contributed by atoms with E-state index in [-0.39, 0.29) is 30.2 Å². The number of benzene rings is 2. The van der Waals surface area contributed by atoms with E-state index in [0.717, 1.165) is 16.8 Å². The molecule has 0 aromatic heterocycles. The van der Waals surface area contributed by atoms with Gasteiger partial charge in [0.05, 0.1) is 25.2 Å². The topological polar surface area (TPSA) is 59.6 Å². The first-order valence-corrected chi connectivity index (χ1v) is 9.13. The van der Waals surface area contributed by atoms with E-state index >= 15 is 0 Å². The van der Waals surface area contributed by atoms with Gasteiger partial charge in [0.25, 0.3) is 0 Å². The van der Waals surface area contributed by atoms with Gasteiger partial charge in [-0.2, -0.15) is 0 Å². The van der Waals surface area contributed by atoms with Gasteiger partial charge in [0, 0.05) is 11.3 Å². The highest BCUT2D eigenvalue weighted by Gasteiger charge is 2.47. The van der Waals surface area contributed by atoms with Crippen LogP contribution in [0.3, 0.4) is 0 Å². The van der Waals surface area contributed by atoms with Gasteiger partial charge in [0.2, 0.25) is 0 Å². The zero-order valence-electron chi connectivity index (χ0n) is 15.1. The van der Waals surface area contributed by atoms with Gasteiger partial charge in [-0.25, -0.2) is 4.79 Å². The predicted octanol–water partition coefficient (Wildman–Crippen LogP) is 2.95. The van der Waals surface area contributed by atoms with Gasteiger partial charge in [-0.1, -0.05) is 42.2 Å². The predicted molar refractivity (Wildman–Crippen MR) is 103 cm³/mol. The second-order valence-electron chi connectivity index (χ2n) is 6.91. The molecule has 2 saturated heterocycles. The molecule has 0 aliphatic carbocycles. The molecular weight excluding hydrogens is 340 g/mol. The summed E-state index contributed by atoms with van der Waals surface area (Å²) in [7, 11) is 0. The number of ether oxygens (including phenoxy) is 2. The highest BCUT2D eigenvalue weighted by atomic mass is 16.6. The molecule has 0 saturated carbocycles. The van der Waals surface area contributed by atoms with Crippen molar-refractivity contribution in [2.75, 3.05) is 18.5 Å². The molecule has 0 unspecified atom stereocenters. The molecule has 2 aliphatic heterocycles. The molecule has 4 rings (SSSR count). The third-order valence-electron chi connectivity index (χ3n) is 4.82. The van der Waals surface area contributed by atoms with Crippen LogP contribution in [0.5, 0.6) is 0 Å². The van der Waals surface area contributed by atoms with Gasteiger partial charge >= 0.3 is 6.03 Å². The summed E-state index contributed by atoms with van der Waals surface area (Å²) >= 11 is 0. The number of amides is 2. The van der Waals surface area contributed by atoms with Crippen LogP contribution in [0, 0.1) is 24.7 Å². The third-order valence-corrected chi connectivity index (χ3v) is 4.82. The van der Waals surface area contributed by atoms with Crippen LogP contribution in [0.25, 0.3) is 0 Å². The Kier molecular flexibility index (Phi) is 5.10. The number of hydrogen-bond acceptors (Lipinski definition) is 3. The molecule has 27 heavy (non-hydrogen) atoms. The zero-order chi connectivity index (χ0) is 18.6. The fraction of sp³-hybridized carbons (Fsp3) is 0.318. The van der Waals surface area contributed by atoms with Crippen LogP contribution in [-0.2, 0) is 9.47 Å². The maximum atomic E-state index is 12.3. The summed E-state index contributed by atoms with van der Waals surface area (Å²) in [4.78, 5) is 12.3. The van der Waals surface area contributed by atoms with Crippen molar-refractivity contribution in [1.82, 2.24) is 5.32 Å². The minimum Gasteiger partial charge on any atom is -0.372 e. The molecule has 4 atom stereocenters. The number of nitrogens with one attached hydrogen (secondary N) is 2. The van der Waals surface area contributed by atoms with Crippen molar-refractivity contribution in [2.24, 2.45) is 5.92 Å².